The predicted molar refractivity (Wildman–Crippen MR) is 102 cm³/mol. The number of thiophene rings is 1. The number of methoxy groups -OCH3 is 2. The summed E-state index contributed by atoms with van der Waals surface area (Å²) in [4.78, 5) is 26.1. The molecule has 26 heavy (non-hydrogen) atoms. The SMILES string of the molecule is COc1cccc(OC)c1C(=O)Nc1sc2c(c1C(N)=O)CC[C@@H](C)C2. The first kappa shape index (κ1) is 18.3. The van der Waals surface area contributed by atoms with Crippen molar-refractivity contribution in [2.45, 2.75) is 26.2 Å². The summed E-state index contributed by atoms with van der Waals surface area (Å²) in [5, 5.41) is 3.34. The maximum Gasteiger partial charge on any atom is 0.263 e. The average Bonchev–Trinajstić information content (AvgIpc) is 2.97. The normalized spacial score (nSPS) is 15.9. The second-order valence-corrected chi connectivity index (χ2v) is 7.52. The number of rotatable bonds is 5. The lowest BCUT2D eigenvalue weighted by Gasteiger charge is -2.18. The molecule has 3 N–H and O–H groups in total. The van der Waals surface area contributed by atoms with Gasteiger partial charge in [-0.2, -0.15) is 0 Å². The maximum absolute atomic E-state index is 12.9. The number of ether oxygens (including phenoxy) is 2. The molecule has 0 aliphatic heterocycles. The van der Waals surface area contributed by atoms with Crippen LogP contribution in [0.3, 0.4) is 0 Å². The molecule has 3 rings (SSSR count). The van der Waals surface area contributed by atoms with E-state index in [-0.39, 0.29) is 5.56 Å². The zero-order valence-electron chi connectivity index (χ0n) is 15.0. The number of primary amides is 1. The molecule has 0 saturated carbocycles. The number of carbonyl (C=O) groups is 2. The van der Waals surface area contributed by atoms with Gasteiger partial charge < -0.3 is 20.5 Å². The van der Waals surface area contributed by atoms with Gasteiger partial charge in [-0.3, -0.25) is 9.59 Å². The number of nitrogens with two attached hydrogens (primary N) is 1. The van der Waals surface area contributed by atoms with Crippen molar-refractivity contribution in [3.63, 3.8) is 0 Å². The molecule has 0 radical (unpaired) electrons. The van der Waals surface area contributed by atoms with Crippen LogP contribution in [0.4, 0.5) is 5.00 Å². The summed E-state index contributed by atoms with van der Waals surface area (Å²) in [5.41, 5.74) is 7.30. The van der Waals surface area contributed by atoms with Crippen molar-refractivity contribution < 1.29 is 19.1 Å². The van der Waals surface area contributed by atoms with Gasteiger partial charge in [-0.25, -0.2) is 0 Å². The van der Waals surface area contributed by atoms with E-state index in [0.717, 1.165) is 29.7 Å². The third kappa shape index (κ3) is 3.26. The van der Waals surface area contributed by atoms with Crippen molar-refractivity contribution in [2.24, 2.45) is 11.7 Å². The molecule has 0 saturated heterocycles. The van der Waals surface area contributed by atoms with Gasteiger partial charge in [0.15, 0.2) is 0 Å². The van der Waals surface area contributed by atoms with Crippen LogP contribution in [-0.4, -0.2) is 26.0 Å². The van der Waals surface area contributed by atoms with Gasteiger partial charge in [-0.1, -0.05) is 13.0 Å². The minimum absolute atomic E-state index is 0.285. The van der Waals surface area contributed by atoms with E-state index in [0.29, 0.717) is 28.0 Å². The third-order valence-corrected chi connectivity index (χ3v) is 5.81. The molecule has 0 spiro atoms. The van der Waals surface area contributed by atoms with Crippen LogP contribution in [0.2, 0.25) is 0 Å². The van der Waals surface area contributed by atoms with Gasteiger partial charge in [-0.15, -0.1) is 11.3 Å². The van der Waals surface area contributed by atoms with Crippen LogP contribution >= 0.6 is 11.3 Å². The largest absolute Gasteiger partial charge is 0.496 e. The minimum Gasteiger partial charge on any atom is -0.496 e. The van der Waals surface area contributed by atoms with E-state index in [1.807, 2.05) is 0 Å². The molecule has 1 aromatic heterocycles. The fraction of sp³-hybridized carbons (Fsp3) is 0.368. The molecule has 1 atom stereocenters. The summed E-state index contributed by atoms with van der Waals surface area (Å²) in [6, 6.07) is 5.12. The molecule has 0 bridgehead atoms. The molecule has 0 fully saturated rings. The van der Waals surface area contributed by atoms with E-state index >= 15 is 0 Å². The van der Waals surface area contributed by atoms with Crippen LogP contribution in [0, 0.1) is 5.92 Å². The summed E-state index contributed by atoms with van der Waals surface area (Å²) in [7, 11) is 2.98. The number of hydrogen-bond acceptors (Lipinski definition) is 5. The zero-order chi connectivity index (χ0) is 18.8. The Balaban J connectivity index is 2.00. The highest BCUT2D eigenvalue weighted by Gasteiger charge is 2.28. The Hall–Kier alpha value is -2.54. The molecule has 2 amide bonds. The lowest BCUT2D eigenvalue weighted by Crippen LogP contribution is -2.20. The van der Waals surface area contributed by atoms with E-state index in [1.165, 1.54) is 25.6 Å². The van der Waals surface area contributed by atoms with Crippen LogP contribution in [-0.2, 0) is 12.8 Å². The predicted octanol–water partition coefficient (Wildman–Crippen LogP) is 3.24. The third-order valence-electron chi connectivity index (χ3n) is 4.64. The van der Waals surface area contributed by atoms with E-state index in [9.17, 15) is 9.59 Å². The first-order chi connectivity index (χ1) is 12.5. The number of amides is 2. The molecule has 0 unspecified atom stereocenters. The molecule has 7 heteroatoms. The minimum atomic E-state index is -0.514. The van der Waals surface area contributed by atoms with Crippen LogP contribution in [0.1, 0.15) is 44.5 Å². The topological polar surface area (TPSA) is 90.7 Å². The number of fused-ring (bicyclic) bond motifs is 1. The highest BCUT2D eigenvalue weighted by Crippen LogP contribution is 2.40. The van der Waals surface area contributed by atoms with E-state index < -0.39 is 11.8 Å². The van der Waals surface area contributed by atoms with Gasteiger partial charge in [0, 0.05) is 4.88 Å². The molecule has 1 aliphatic carbocycles. The first-order valence-electron chi connectivity index (χ1n) is 8.42. The summed E-state index contributed by atoms with van der Waals surface area (Å²) >= 11 is 1.43. The zero-order valence-corrected chi connectivity index (χ0v) is 15.9. The summed E-state index contributed by atoms with van der Waals surface area (Å²) in [6.07, 6.45) is 2.71. The fourth-order valence-electron chi connectivity index (χ4n) is 3.34. The second-order valence-electron chi connectivity index (χ2n) is 6.41. The van der Waals surface area contributed by atoms with Crippen LogP contribution in [0.15, 0.2) is 18.2 Å². The molecule has 1 aromatic carbocycles. The molecular formula is C19H22N2O4S. The van der Waals surface area contributed by atoms with E-state index in [4.69, 9.17) is 15.2 Å². The standard InChI is InChI=1S/C19H22N2O4S/c1-10-7-8-11-14(9-10)26-19(15(11)17(20)22)21-18(23)16-12(24-2)5-4-6-13(16)25-3/h4-6,10H,7-9H2,1-3H3,(H2,20,22)(H,21,23)/t10-/m1/s1. The van der Waals surface area contributed by atoms with Crippen LogP contribution in [0.25, 0.3) is 0 Å². The summed E-state index contributed by atoms with van der Waals surface area (Å²) in [6.45, 7) is 2.19. The Labute approximate surface area is 156 Å². The Morgan fingerprint density at radius 1 is 1.19 bits per heavy atom. The van der Waals surface area contributed by atoms with Gasteiger partial charge >= 0.3 is 0 Å². The van der Waals surface area contributed by atoms with Gasteiger partial charge in [0.25, 0.3) is 11.8 Å². The van der Waals surface area contributed by atoms with Gasteiger partial charge in [0.2, 0.25) is 0 Å². The highest BCUT2D eigenvalue weighted by atomic mass is 32.1. The highest BCUT2D eigenvalue weighted by molar-refractivity contribution is 7.17. The second kappa shape index (κ2) is 7.37. The maximum atomic E-state index is 12.9. The average molecular weight is 374 g/mol. The van der Waals surface area contributed by atoms with Crippen molar-refractivity contribution in [1.29, 1.82) is 0 Å². The van der Waals surface area contributed by atoms with Crippen molar-refractivity contribution >= 4 is 28.2 Å². The Morgan fingerprint density at radius 2 is 1.85 bits per heavy atom. The molecule has 1 aliphatic rings. The Morgan fingerprint density at radius 3 is 2.42 bits per heavy atom. The van der Waals surface area contributed by atoms with E-state index in [1.54, 1.807) is 18.2 Å². The van der Waals surface area contributed by atoms with Gasteiger partial charge in [0.1, 0.15) is 22.1 Å². The summed E-state index contributed by atoms with van der Waals surface area (Å²) < 4.78 is 10.6. The van der Waals surface area contributed by atoms with Gasteiger partial charge in [-0.05, 0) is 42.9 Å². The Bertz CT molecular complexity index is 837. The fourth-order valence-corrected chi connectivity index (χ4v) is 4.75. The number of hydrogen-bond donors (Lipinski definition) is 2. The smallest absolute Gasteiger partial charge is 0.263 e. The molecular weight excluding hydrogens is 352 g/mol. The van der Waals surface area contributed by atoms with Crippen LogP contribution < -0.4 is 20.5 Å². The monoisotopic (exact) mass is 374 g/mol. The molecule has 138 valence electrons. The number of anilines is 1. The molecule has 1 heterocycles. The van der Waals surface area contributed by atoms with E-state index in [2.05, 4.69) is 12.2 Å². The van der Waals surface area contributed by atoms with Crippen LogP contribution in [0.5, 0.6) is 11.5 Å². The lowest BCUT2D eigenvalue weighted by molar-refractivity contribution is 0.1000. The first-order valence-corrected chi connectivity index (χ1v) is 9.24. The van der Waals surface area contributed by atoms with Crippen molar-refractivity contribution in [1.82, 2.24) is 0 Å². The quantitative estimate of drug-likeness (QED) is 0.840. The molecule has 2 aromatic rings. The number of carbonyl (C=O) groups excluding carboxylic acids is 2. The lowest BCUT2D eigenvalue weighted by atomic mass is 9.88. The number of nitrogens with one attached hydrogen (secondary N) is 1. The van der Waals surface area contributed by atoms with Gasteiger partial charge in [0.05, 0.1) is 19.8 Å². The number of benzene rings is 1. The van der Waals surface area contributed by atoms with Crippen molar-refractivity contribution in [2.75, 3.05) is 19.5 Å². The Kier molecular flexibility index (Phi) is 5.18. The molecule has 6 nitrogen and oxygen atoms in total. The summed E-state index contributed by atoms with van der Waals surface area (Å²) in [5.74, 6) is 0.447. The van der Waals surface area contributed by atoms with Crippen molar-refractivity contribution in [3.05, 3.63) is 39.8 Å². The van der Waals surface area contributed by atoms with Crippen molar-refractivity contribution in [3.8, 4) is 11.5 Å².